The number of thiophene rings is 1. The van der Waals surface area contributed by atoms with E-state index in [4.69, 9.17) is 19.3 Å². The van der Waals surface area contributed by atoms with Crippen LogP contribution in [-0.4, -0.2) is 92.5 Å². The van der Waals surface area contributed by atoms with E-state index < -0.39 is 0 Å². The van der Waals surface area contributed by atoms with Gasteiger partial charge in [-0.05, 0) is 42.0 Å². The summed E-state index contributed by atoms with van der Waals surface area (Å²) in [5, 5.41) is 8.39. The highest BCUT2D eigenvalue weighted by Crippen LogP contribution is 2.38. The molecular weight excluding hydrogens is 504 g/mol. The summed E-state index contributed by atoms with van der Waals surface area (Å²) in [6.45, 7) is 4.38. The fraction of sp³-hybridized carbons (Fsp3) is 0.536. The molecule has 3 aliphatic rings. The fourth-order valence-electron chi connectivity index (χ4n) is 5.15. The average molecular weight is 541 g/mol. The molecule has 10 heteroatoms. The van der Waals surface area contributed by atoms with Crippen molar-refractivity contribution in [2.24, 2.45) is 11.0 Å². The molecule has 1 aromatic carbocycles. The maximum atomic E-state index is 13.9. The SMILES string of the molecule is COc1ccc([C@@H]2CC(c3cccs3)=NN2C(=O)CN(CCN2CCOCC2)C(=O)C2CCC2)cc1OC. The molecule has 3 heterocycles. The predicted octanol–water partition coefficient (Wildman–Crippen LogP) is 3.40. The van der Waals surface area contributed by atoms with E-state index in [1.165, 1.54) is 0 Å². The number of benzene rings is 1. The summed E-state index contributed by atoms with van der Waals surface area (Å²) < 4.78 is 16.4. The van der Waals surface area contributed by atoms with Crippen LogP contribution in [0, 0.1) is 5.92 Å². The molecular formula is C28H36N4O5S. The van der Waals surface area contributed by atoms with Crippen molar-refractivity contribution in [2.45, 2.75) is 31.7 Å². The molecule has 0 bridgehead atoms. The van der Waals surface area contributed by atoms with Crippen LogP contribution in [0.1, 0.15) is 42.2 Å². The van der Waals surface area contributed by atoms with Gasteiger partial charge in [0, 0.05) is 38.5 Å². The summed E-state index contributed by atoms with van der Waals surface area (Å²) in [5.41, 5.74) is 1.79. The lowest BCUT2D eigenvalue weighted by molar-refractivity contribution is -0.145. The third kappa shape index (κ3) is 5.87. The van der Waals surface area contributed by atoms with Crippen molar-refractivity contribution in [3.63, 3.8) is 0 Å². The van der Waals surface area contributed by atoms with Crippen LogP contribution in [0.5, 0.6) is 11.5 Å². The number of ether oxygens (including phenoxy) is 3. The number of morpholine rings is 1. The molecule has 1 atom stereocenters. The number of carbonyl (C=O) groups is 2. The van der Waals surface area contributed by atoms with E-state index in [2.05, 4.69) is 4.90 Å². The van der Waals surface area contributed by atoms with Gasteiger partial charge in [-0.1, -0.05) is 18.6 Å². The minimum Gasteiger partial charge on any atom is -0.493 e. The van der Waals surface area contributed by atoms with Crippen LogP contribution in [0.25, 0.3) is 0 Å². The summed E-state index contributed by atoms with van der Waals surface area (Å²) in [6, 6.07) is 9.44. The van der Waals surface area contributed by atoms with Crippen LogP contribution in [0.3, 0.4) is 0 Å². The number of rotatable bonds is 10. The van der Waals surface area contributed by atoms with Gasteiger partial charge in [0.2, 0.25) is 5.91 Å². The molecule has 1 aromatic heterocycles. The van der Waals surface area contributed by atoms with Gasteiger partial charge in [-0.15, -0.1) is 11.3 Å². The molecule has 2 fully saturated rings. The van der Waals surface area contributed by atoms with Crippen molar-refractivity contribution in [3.05, 3.63) is 46.2 Å². The van der Waals surface area contributed by atoms with Crippen molar-refractivity contribution >= 4 is 28.9 Å². The van der Waals surface area contributed by atoms with Crippen molar-refractivity contribution in [3.8, 4) is 11.5 Å². The molecule has 0 unspecified atom stereocenters. The van der Waals surface area contributed by atoms with Crippen LogP contribution in [0.2, 0.25) is 0 Å². The number of hydrogen-bond donors (Lipinski definition) is 0. The molecule has 2 aromatic rings. The largest absolute Gasteiger partial charge is 0.493 e. The summed E-state index contributed by atoms with van der Waals surface area (Å²) in [6.07, 6.45) is 3.47. The van der Waals surface area contributed by atoms with Gasteiger partial charge in [-0.2, -0.15) is 5.10 Å². The monoisotopic (exact) mass is 540 g/mol. The van der Waals surface area contributed by atoms with Crippen molar-refractivity contribution in [2.75, 3.05) is 60.2 Å². The molecule has 1 saturated carbocycles. The lowest BCUT2D eigenvalue weighted by atomic mass is 9.84. The topological polar surface area (TPSA) is 83.9 Å². The van der Waals surface area contributed by atoms with Gasteiger partial charge in [0.05, 0.1) is 44.1 Å². The van der Waals surface area contributed by atoms with Crippen LogP contribution in [-0.2, 0) is 14.3 Å². The first-order valence-corrected chi connectivity index (χ1v) is 14.2. The molecule has 38 heavy (non-hydrogen) atoms. The Balaban J connectivity index is 1.37. The number of hydrazone groups is 1. The maximum Gasteiger partial charge on any atom is 0.262 e. The Labute approximate surface area is 227 Å². The van der Waals surface area contributed by atoms with Gasteiger partial charge in [-0.25, -0.2) is 5.01 Å². The Morgan fingerprint density at radius 3 is 2.58 bits per heavy atom. The number of amides is 2. The van der Waals surface area contributed by atoms with Crippen LogP contribution < -0.4 is 9.47 Å². The van der Waals surface area contributed by atoms with Crippen LogP contribution in [0.4, 0.5) is 0 Å². The lowest BCUT2D eigenvalue weighted by Gasteiger charge is -2.34. The van der Waals surface area contributed by atoms with Gasteiger partial charge in [0.1, 0.15) is 6.54 Å². The number of carbonyl (C=O) groups excluding carboxylic acids is 2. The second-order valence-corrected chi connectivity index (χ2v) is 10.9. The van der Waals surface area contributed by atoms with Crippen LogP contribution in [0.15, 0.2) is 40.8 Å². The Morgan fingerprint density at radius 2 is 1.92 bits per heavy atom. The minimum absolute atomic E-state index is 0.0185. The minimum atomic E-state index is -0.292. The van der Waals surface area contributed by atoms with E-state index in [-0.39, 0.29) is 30.3 Å². The summed E-state index contributed by atoms with van der Waals surface area (Å²) in [5.74, 6) is 1.17. The zero-order valence-electron chi connectivity index (χ0n) is 22.1. The zero-order chi connectivity index (χ0) is 26.5. The summed E-state index contributed by atoms with van der Waals surface area (Å²) in [7, 11) is 3.21. The molecule has 0 spiro atoms. The summed E-state index contributed by atoms with van der Waals surface area (Å²) >= 11 is 1.61. The highest BCUT2D eigenvalue weighted by Gasteiger charge is 2.37. The van der Waals surface area contributed by atoms with E-state index >= 15 is 0 Å². The van der Waals surface area contributed by atoms with Crippen molar-refractivity contribution < 1.29 is 23.8 Å². The average Bonchev–Trinajstić information content (AvgIpc) is 3.60. The van der Waals surface area contributed by atoms with Crippen LogP contribution >= 0.6 is 11.3 Å². The molecule has 204 valence electrons. The first kappa shape index (κ1) is 26.6. The molecule has 0 radical (unpaired) electrons. The number of methoxy groups -OCH3 is 2. The van der Waals surface area contributed by atoms with Crippen molar-refractivity contribution in [1.29, 1.82) is 0 Å². The maximum absolute atomic E-state index is 13.9. The van der Waals surface area contributed by atoms with Crippen molar-refractivity contribution in [1.82, 2.24) is 14.8 Å². The van der Waals surface area contributed by atoms with E-state index in [0.717, 1.165) is 55.0 Å². The molecule has 1 aliphatic carbocycles. The van der Waals surface area contributed by atoms with E-state index in [1.807, 2.05) is 35.7 Å². The predicted molar refractivity (Wildman–Crippen MR) is 146 cm³/mol. The summed E-state index contributed by atoms with van der Waals surface area (Å²) in [4.78, 5) is 32.3. The van der Waals surface area contributed by atoms with Gasteiger partial charge in [0.15, 0.2) is 11.5 Å². The smallest absolute Gasteiger partial charge is 0.262 e. The Bertz CT molecular complexity index is 1140. The van der Waals surface area contributed by atoms with Gasteiger partial charge in [0.25, 0.3) is 5.91 Å². The molecule has 2 aliphatic heterocycles. The second kappa shape index (κ2) is 12.3. The third-order valence-corrected chi connectivity index (χ3v) is 8.56. The van der Waals surface area contributed by atoms with E-state index in [9.17, 15) is 9.59 Å². The molecule has 9 nitrogen and oxygen atoms in total. The van der Waals surface area contributed by atoms with Gasteiger partial charge >= 0.3 is 0 Å². The Hall–Kier alpha value is -2.95. The van der Waals surface area contributed by atoms with E-state index in [0.29, 0.717) is 37.7 Å². The number of nitrogens with zero attached hydrogens (tertiary/aromatic N) is 4. The van der Waals surface area contributed by atoms with Gasteiger partial charge < -0.3 is 19.1 Å². The normalized spacial score (nSPS) is 20.1. The molecule has 0 N–H and O–H groups in total. The number of hydrogen-bond acceptors (Lipinski definition) is 8. The van der Waals surface area contributed by atoms with E-state index in [1.54, 1.807) is 35.5 Å². The standard InChI is InChI=1S/C28H36N4O5S/c1-35-24-9-8-21(17-25(24)36-2)23-18-22(26-7-4-16-38-26)29-32(23)27(33)19-31(28(34)20-5-3-6-20)11-10-30-12-14-37-15-13-30/h4,7-9,16-17,20,23H,3,5-6,10-15,18-19H2,1-2H3/t23-/m0/s1. The fourth-order valence-corrected chi connectivity index (χ4v) is 5.88. The molecule has 1 saturated heterocycles. The third-order valence-electron chi connectivity index (χ3n) is 7.65. The first-order valence-electron chi connectivity index (χ1n) is 13.3. The molecule has 2 amide bonds. The van der Waals surface area contributed by atoms with Gasteiger partial charge in [-0.3, -0.25) is 14.5 Å². The molecule has 5 rings (SSSR count). The zero-order valence-corrected chi connectivity index (χ0v) is 23.0. The second-order valence-electron chi connectivity index (χ2n) is 9.94. The Morgan fingerprint density at radius 1 is 1.13 bits per heavy atom. The highest BCUT2D eigenvalue weighted by molar-refractivity contribution is 7.12. The quantitative estimate of drug-likeness (QED) is 0.459. The lowest BCUT2D eigenvalue weighted by Crippen LogP contribution is -2.49. The highest BCUT2D eigenvalue weighted by atomic mass is 32.1. The first-order chi connectivity index (χ1) is 18.6. The Kier molecular flexibility index (Phi) is 8.61.